The fourth-order valence-corrected chi connectivity index (χ4v) is 1.05. The van der Waals surface area contributed by atoms with E-state index in [1.807, 2.05) is 0 Å². The van der Waals surface area contributed by atoms with Gasteiger partial charge in [-0.2, -0.15) is 0 Å². The standard InChI is InChI=1S/C9H13N3O/c1-2-3-4-5-8-10-7-11-9(6-13)12-8/h6-7H,2-5H2,1H3. The summed E-state index contributed by atoms with van der Waals surface area (Å²) in [6.07, 6.45) is 6.27. The molecule has 1 aromatic heterocycles. The van der Waals surface area contributed by atoms with Crippen LogP contribution in [0.15, 0.2) is 6.33 Å². The first-order chi connectivity index (χ1) is 6.36. The zero-order valence-electron chi connectivity index (χ0n) is 7.73. The Morgan fingerprint density at radius 2 is 2.23 bits per heavy atom. The minimum Gasteiger partial charge on any atom is -0.294 e. The number of nitrogens with zero attached hydrogens (tertiary/aromatic N) is 3. The van der Waals surface area contributed by atoms with Crippen LogP contribution < -0.4 is 0 Å². The van der Waals surface area contributed by atoms with Gasteiger partial charge in [-0.3, -0.25) is 4.79 Å². The maximum Gasteiger partial charge on any atom is 0.195 e. The van der Waals surface area contributed by atoms with E-state index in [-0.39, 0.29) is 5.82 Å². The second kappa shape index (κ2) is 5.35. The molecule has 0 aromatic carbocycles. The van der Waals surface area contributed by atoms with E-state index in [2.05, 4.69) is 21.9 Å². The Morgan fingerprint density at radius 3 is 2.92 bits per heavy atom. The Kier molecular flexibility index (Phi) is 4.02. The zero-order valence-corrected chi connectivity index (χ0v) is 7.73. The van der Waals surface area contributed by atoms with Crippen molar-refractivity contribution in [2.75, 3.05) is 0 Å². The van der Waals surface area contributed by atoms with Crippen molar-refractivity contribution in [3.8, 4) is 0 Å². The van der Waals surface area contributed by atoms with Crippen LogP contribution in [-0.4, -0.2) is 21.2 Å². The second-order valence-corrected chi connectivity index (χ2v) is 2.83. The molecule has 0 atom stereocenters. The molecule has 13 heavy (non-hydrogen) atoms. The second-order valence-electron chi connectivity index (χ2n) is 2.83. The van der Waals surface area contributed by atoms with Gasteiger partial charge in [0.1, 0.15) is 12.2 Å². The Morgan fingerprint density at radius 1 is 1.38 bits per heavy atom. The van der Waals surface area contributed by atoms with E-state index in [0.717, 1.165) is 12.8 Å². The van der Waals surface area contributed by atoms with Crippen LogP contribution in [-0.2, 0) is 6.42 Å². The summed E-state index contributed by atoms with van der Waals surface area (Å²) in [5, 5.41) is 0. The van der Waals surface area contributed by atoms with E-state index in [1.54, 1.807) is 0 Å². The average Bonchev–Trinajstić information content (AvgIpc) is 2.19. The molecule has 1 aromatic rings. The van der Waals surface area contributed by atoms with Crippen molar-refractivity contribution >= 4 is 6.29 Å². The number of carbonyl (C=O) groups is 1. The minimum absolute atomic E-state index is 0.224. The third-order valence-corrected chi connectivity index (χ3v) is 1.75. The van der Waals surface area contributed by atoms with E-state index in [1.165, 1.54) is 19.2 Å². The molecular formula is C9H13N3O. The lowest BCUT2D eigenvalue weighted by molar-refractivity contribution is 0.111. The Balaban J connectivity index is 2.51. The lowest BCUT2D eigenvalue weighted by Crippen LogP contribution is -2.01. The van der Waals surface area contributed by atoms with Gasteiger partial charge >= 0.3 is 0 Å². The number of carbonyl (C=O) groups excluding carboxylic acids is 1. The molecule has 4 nitrogen and oxygen atoms in total. The molecule has 1 heterocycles. The van der Waals surface area contributed by atoms with Gasteiger partial charge in [0.25, 0.3) is 0 Å². The third kappa shape index (κ3) is 3.27. The van der Waals surface area contributed by atoms with Crippen LogP contribution in [0.4, 0.5) is 0 Å². The Labute approximate surface area is 77.4 Å². The van der Waals surface area contributed by atoms with Gasteiger partial charge in [-0.15, -0.1) is 0 Å². The first-order valence-electron chi connectivity index (χ1n) is 4.50. The molecule has 0 amide bonds. The number of hydrogen-bond acceptors (Lipinski definition) is 4. The molecule has 0 unspecified atom stereocenters. The van der Waals surface area contributed by atoms with Crippen molar-refractivity contribution in [1.82, 2.24) is 15.0 Å². The topological polar surface area (TPSA) is 55.7 Å². The molecule has 0 saturated carbocycles. The van der Waals surface area contributed by atoms with E-state index in [9.17, 15) is 4.79 Å². The van der Waals surface area contributed by atoms with E-state index in [4.69, 9.17) is 0 Å². The molecule has 0 N–H and O–H groups in total. The van der Waals surface area contributed by atoms with Gasteiger partial charge in [0, 0.05) is 6.42 Å². The van der Waals surface area contributed by atoms with Crippen molar-refractivity contribution in [3.05, 3.63) is 18.0 Å². The Hall–Kier alpha value is -1.32. The lowest BCUT2D eigenvalue weighted by Gasteiger charge is -1.97. The largest absolute Gasteiger partial charge is 0.294 e. The van der Waals surface area contributed by atoms with Crippen LogP contribution in [0.3, 0.4) is 0 Å². The van der Waals surface area contributed by atoms with Gasteiger partial charge in [-0.05, 0) is 6.42 Å². The van der Waals surface area contributed by atoms with E-state index in [0.29, 0.717) is 12.1 Å². The third-order valence-electron chi connectivity index (χ3n) is 1.75. The van der Waals surface area contributed by atoms with Crippen LogP contribution in [0.2, 0.25) is 0 Å². The van der Waals surface area contributed by atoms with Gasteiger partial charge in [0.05, 0.1) is 0 Å². The minimum atomic E-state index is 0.224. The monoisotopic (exact) mass is 179 g/mol. The number of rotatable bonds is 5. The maximum absolute atomic E-state index is 10.3. The van der Waals surface area contributed by atoms with Crippen molar-refractivity contribution < 1.29 is 4.79 Å². The number of aromatic nitrogens is 3. The quantitative estimate of drug-likeness (QED) is 0.506. The average molecular weight is 179 g/mol. The van der Waals surface area contributed by atoms with Crippen LogP contribution in [0, 0.1) is 0 Å². The molecular weight excluding hydrogens is 166 g/mol. The SMILES string of the molecule is CCCCCc1ncnc(C=O)n1. The molecule has 0 bridgehead atoms. The summed E-state index contributed by atoms with van der Waals surface area (Å²) in [5.74, 6) is 0.937. The smallest absolute Gasteiger partial charge is 0.195 e. The molecule has 70 valence electrons. The van der Waals surface area contributed by atoms with Crippen LogP contribution in [0.1, 0.15) is 42.6 Å². The fraction of sp³-hybridized carbons (Fsp3) is 0.556. The Bertz CT molecular complexity index is 275. The molecule has 0 radical (unpaired) electrons. The highest BCUT2D eigenvalue weighted by Crippen LogP contribution is 2.00. The molecule has 0 spiro atoms. The molecule has 0 aliphatic rings. The molecule has 0 saturated heterocycles. The number of aryl methyl sites for hydroxylation is 1. The normalized spacial score (nSPS) is 9.92. The summed E-state index contributed by atoms with van der Waals surface area (Å²) in [5.41, 5.74) is 0. The number of aldehydes is 1. The van der Waals surface area contributed by atoms with E-state index >= 15 is 0 Å². The fourth-order valence-electron chi connectivity index (χ4n) is 1.05. The zero-order chi connectivity index (χ0) is 9.52. The summed E-state index contributed by atoms with van der Waals surface area (Å²) in [4.78, 5) is 22.0. The van der Waals surface area contributed by atoms with Gasteiger partial charge in [-0.1, -0.05) is 19.8 Å². The van der Waals surface area contributed by atoms with E-state index < -0.39 is 0 Å². The first-order valence-corrected chi connectivity index (χ1v) is 4.50. The summed E-state index contributed by atoms with van der Waals surface area (Å²) in [7, 11) is 0. The highest BCUT2D eigenvalue weighted by Gasteiger charge is 1.98. The number of hydrogen-bond donors (Lipinski definition) is 0. The maximum atomic E-state index is 10.3. The van der Waals surface area contributed by atoms with Gasteiger partial charge in [0.15, 0.2) is 12.1 Å². The highest BCUT2D eigenvalue weighted by molar-refractivity contribution is 5.68. The van der Waals surface area contributed by atoms with Crippen molar-refractivity contribution in [2.24, 2.45) is 0 Å². The van der Waals surface area contributed by atoms with Gasteiger partial charge in [-0.25, -0.2) is 15.0 Å². The van der Waals surface area contributed by atoms with Crippen molar-refractivity contribution in [1.29, 1.82) is 0 Å². The number of unbranched alkanes of at least 4 members (excludes halogenated alkanes) is 2. The predicted octanol–water partition coefficient (Wildman–Crippen LogP) is 1.42. The summed E-state index contributed by atoms with van der Waals surface area (Å²) < 4.78 is 0. The van der Waals surface area contributed by atoms with Gasteiger partial charge < -0.3 is 0 Å². The summed E-state index contributed by atoms with van der Waals surface area (Å²) in [6, 6.07) is 0. The van der Waals surface area contributed by atoms with Crippen molar-refractivity contribution in [2.45, 2.75) is 32.6 Å². The van der Waals surface area contributed by atoms with Crippen LogP contribution in [0.5, 0.6) is 0 Å². The van der Waals surface area contributed by atoms with Crippen LogP contribution >= 0.6 is 0 Å². The highest BCUT2D eigenvalue weighted by atomic mass is 16.1. The molecule has 4 heteroatoms. The summed E-state index contributed by atoms with van der Waals surface area (Å²) >= 11 is 0. The lowest BCUT2D eigenvalue weighted by atomic mass is 10.2. The van der Waals surface area contributed by atoms with Gasteiger partial charge in [0.2, 0.25) is 0 Å². The van der Waals surface area contributed by atoms with Crippen molar-refractivity contribution in [3.63, 3.8) is 0 Å². The summed E-state index contributed by atoms with van der Waals surface area (Å²) in [6.45, 7) is 2.14. The first kappa shape index (κ1) is 9.77. The molecule has 0 aliphatic carbocycles. The molecule has 0 fully saturated rings. The molecule has 0 aliphatic heterocycles. The molecule has 1 rings (SSSR count). The predicted molar refractivity (Wildman–Crippen MR) is 48.4 cm³/mol. The van der Waals surface area contributed by atoms with Crippen LogP contribution in [0.25, 0.3) is 0 Å².